The Balaban J connectivity index is 2.58. The molecule has 3 aromatic rings. The molecule has 2 heterocycles. The summed E-state index contributed by atoms with van der Waals surface area (Å²) in [5, 5.41) is 5.11. The molecular formula is C10H6FN3. The fourth-order valence-electron chi connectivity index (χ4n) is 1.52. The normalized spacial score (nSPS) is 11.2. The summed E-state index contributed by atoms with van der Waals surface area (Å²) in [6.45, 7) is 0. The van der Waals surface area contributed by atoms with Crippen LogP contribution in [0.15, 0.2) is 36.5 Å². The molecule has 68 valence electrons. The van der Waals surface area contributed by atoms with Crippen LogP contribution in [0.25, 0.3) is 16.6 Å². The first-order chi connectivity index (χ1) is 6.84. The highest BCUT2D eigenvalue weighted by molar-refractivity contribution is 5.91. The number of rotatable bonds is 0. The van der Waals surface area contributed by atoms with Gasteiger partial charge in [-0.25, -0.2) is 4.52 Å². The Labute approximate surface area is 78.8 Å². The Morgan fingerprint density at radius 2 is 2.00 bits per heavy atom. The second-order valence-corrected chi connectivity index (χ2v) is 3.04. The van der Waals surface area contributed by atoms with Crippen LogP contribution in [0.2, 0.25) is 0 Å². The Bertz CT molecular complexity index is 615. The van der Waals surface area contributed by atoms with Gasteiger partial charge in [-0.2, -0.15) is 14.5 Å². The van der Waals surface area contributed by atoms with Gasteiger partial charge in [-0.05, 0) is 12.1 Å². The zero-order valence-corrected chi connectivity index (χ0v) is 7.18. The van der Waals surface area contributed by atoms with E-state index in [4.69, 9.17) is 0 Å². The average Bonchev–Trinajstić information content (AvgIpc) is 2.56. The molecule has 0 bridgehead atoms. The lowest BCUT2D eigenvalue weighted by atomic mass is 10.2. The van der Waals surface area contributed by atoms with Crippen LogP contribution in [0.1, 0.15) is 0 Å². The lowest BCUT2D eigenvalue weighted by Gasteiger charge is -1.90. The number of benzene rings is 1. The van der Waals surface area contributed by atoms with E-state index < -0.39 is 5.95 Å². The maximum Gasteiger partial charge on any atom is 0.216 e. The van der Waals surface area contributed by atoms with E-state index in [0.29, 0.717) is 5.65 Å². The molecule has 0 aliphatic heterocycles. The first kappa shape index (κ1) is 7.44. The van der Waals surface area contributed by atoms with Crippen molar-refractivity contribution < 1.29 is 4.39 Å². The van der Waals surface area contributed by atoms with Crippen molar-refractivity contribution >= 4 is 16.6 Å². The van der Waals surface area contributed by atoms with E-state index in [9.17, 15) is 4.39 Å². The molecule has 0 atom stereocenters. The van der Waals surface area contributed by atoms with Crippen LogP contribution >= 0.6 is 0 Å². The lowest BCUT2D eigenvalue weighted by molar-refractivity contribution is 0.582. The fourth-order valence-corrected chi connectivity index (χ4v) is 1.52. The van der Waals surface area contributed by atoms with Gasteiger partial charge in [0.25, 0.3) is 0 Å². The molecule has 3 rings (SSSR count). The van der Waals surface area contributed by atoms with Gasteiger partial charge in [0, 0.05) is 17.6 Å². The van der Waals surface area contributed by atoms with Crippen LogP contribution in [0.3, 0.4) is 0 Å². The van der Waals surface area contributed by atoms with Gasteiger partial charge in [0.05, 0.1) is 5.52 Å². The molecule has 1 aromatic carbocycles. The van der Waals surface area contributed by atoms with Crippen LogP contribution in [-0.4, -0.2) is 14.6 Å². The summed E-state index contributed by atoms with van der Waals surface area (Å²) in [4.78, 5) is 3.80. The SMILES string of the molecule is Fc1ccn2nc3ccccc3c2n1. The Morgan fingerprint density at radius 3 is 2.93 bits per heavy atom. The van der Waals surface area contributed by atoms with Crippen molar-refractivity contribution in [1.82, 2.24) is 14.6 Å². The molecule has 0 fully saturated rings. The molecule has 3 nitrogen and oxygen atoms in total. The predicted molar refractivity (Wildman–Crippen MR) is 50.5 cm³/mol. The van der Waals surface area contributed by atoms with Crippen molar-refractivity contribution in [3.63, 3.8) is 0 Å². The van der Waals surface area contributed by atoms with Crippen molar-refractivity contribution in [2.45, 2.75) is 0 Å². The minimum atomic E-state index is -0.483. The first-order valence-electron chi connectivity index (χ1n) is 4.24. The second-order valence-electron chi connectivity index (χ2n) is 3.04. The monoisotopic (exact) mass is 187 g/mol. The number of fused-ring (bicyclic) bond motifs is 3. The van der Waals surface area contributed by atoms with Crippen LogP contribution in [0.5, 0.6) is 0 Å². The Kier molecular flexibility index (Phi) is 1.33. The molecule has 0 aliphatic carbocycles. The molecular weight excluding hydrogens is 181 g/mol. The van der Waals surface area contributed by atoms with Crippen LogP contribution in [0, 0.1) is 5.95 Å². The number of aromatic nitrogens is 3. The van der Waals surface area contributed by atoms with Gasteiger partial charge in [0.1, 0.15) is 0 Å². The van der Waals surface area contributed by atoms with Crippen molar-refractivity contribution in [2.24, 2.45) is 0 Å². The van der Waals surface area contributed by atoms with E-state index in [2.05, 4.69) is 10.1 Å². The molecule has 2 aromatic heterocycles. The summed E-state index contributed by atoms with van der Waals surface area (Å²) in [6, 6.07) is 8.83. The summed E-state index contributed by atoms with van der Waals surface area (Å²) >= 11 is 0. The van der Waals surface area contributed by atoms with E-state index in [0.717, 1.165) is 10.9 Å². The van der Waals surface area contributed by atoms with E-state index in [1.807, 2.05) is 24.3 Å². The molecule has 0 unspecified atom stereocenters. The summed E-state index contributed by atoms with van der Waals surface area (Å²) in [5.41, 5.74) is 1.38. The minimum Gasteiger partial charge on any atom is -0.221 e. The highest BCUT2D eigenvalue weighted by Crippen LogP contribution is 2.16. The van der Waals surface area contributed by atoms with Crippen LogP contribution in [0.4, 0.5) is 4.39 Å². The molecule has 0 N–H and O–H groups in total. The highest BCUT2D eigenvalue weighted by Gasteiger charge is 2.05. The number of nitrogens with zero attached hydrogens (tertiary/aromatic N) is 3. The van der Waals surface area contributed by atoms with Gasteiger partial charge in [-0.1, -0.05) is 12.1 Å². The van der Waals surface area contributed by atoms with E-state index in [1.165, 1.54) is 6.07 Å². The second kappa shape index (κ2) is 2.51. The highest BCUT2D eigenvalue weighted by atomic mass is 19.1. The first-order valence-corrected chi connectivity index (χ1v) is 4.24. The molecule has 0 radical (unpaired) electrons. The maximum absolute atomic E-state index is 12.9. The topological polar surface area (TPSA) is 30.2 Å². The Hall–Kier alpha value is -1.97. The van der Waals surface area contributed by atoms with E-state index in [1.54, 1.807) is 10.7 Å². The number of halogens is 1. The molecule has 0 amide bonds. The molecule has 0 aliphatic rings. The summed E-state index contributed by atoms with van der Waals surface area (Å²) in [5.74, 6) is -0.483. The average molecular weight is 187 g/mol. The molecule has 4 heteroatoms. The maximum atomic E-state index is 12.9. The van der Waals surface area contributed by atoms with Gasteiger partial charge in [0.15, 0.2) is 5.65 Å². The van der Waals surface area contributed by atoms with Crippen molar-refractivity contribution in [2.75, 3.05) is 0 Å². The third kappa shape index (κ3) is 0.907. The van der Waals surface area contributed by atoms with Crippen LogP contribution in [-0.2, 0) is 0 Å². The quantitative estimate of drug-likeness (QED) is 0.504. The van der Waals surface area contributed by atoms with Gasteiger partial charge >= 0.3 is 0 Å². The third-order valence-corrected chi connectivity index (χ3v) is 2.14. The molecule has 14 heavy (non-hydrogen) atoms. The third-order valence-electron chi connectivity index (χ3n) is 2.14. The summed E-state index contributed by atoms with van der Waals surface area (Å²) in [6.07, 6.45) is 1.57. The molecule has 0 saturated carbocycles. The lowest BCUT2D eigenvalue weighted by Crippen LogP contribution is -1.90. The van der Waals surface area contributed by atoms with Crippen LogP contribution < -0.4 is 0 Å². The van der Waals surface area contributed by atoms with Crippen molar-refractivity contribution in [3.05, 3.63) is 42.5 Å². The van der Waals surface area contributed by atoms with E-state index >= 15 is 0 Å². The zero-order chi connectivity index (χ0) is 9.54. The van der Waals surface area contributed by atoms with Gasteiger partial charge < -0.3 is 0 Å². The zero-order valence-electron chi connectivity index (χ0n) is 7.18. The number of hydrogen-bond donors (Lipinski definition) is 0. The molecule has 0 spiro atoms. The van der Waals surface area contributed by atoms with E-state index in [-0.39, 0.29) is 0 Å². The van der Waals surface area contributed by atoms with Gasteiger partial charge in [-0.15, -0.1) is 0 Å². The van der Waals surface area contributed by atoms with Crippen molar-refractivity contribution in [1.29, 1.82) is 0 Å². The molecule has 0 saturated heterocycles. The summed E-state index contributed by atoms with van der Waals surface area (Å²) in [7, 11) is 0. The summed E-state index contributed by atoms with van der Waals surface area (Å²) < 4.78 is 14.5. The standard InChI is InChI=1S/C10H6FN3/c11-9-5-6-14-10(12-9)7-3-1-2-4-8(7)13-14/h1-6H. The largest absolute Gasteiger partial charge is 0.221 e. The Morgan fingerprint density at radius 1 is 1.14 bits per heavy atom. The fraction of sp³-hybridized carbons (Fsp3) is 0. The van der Waals surface area contributed by atoms with Gasteiger partial charge in [0.2, 0.25) is 5.95 Å². The van der Waals surface area contributed by atoms with Gasteiger partial charge in [-0.3, -0.25) is 0 Å². The minimum absolute atomic E-state index is 0.483. The number of hydrogen-bond acceptors (Lipinski definition) is 2. The smallest absolute Gasteiger partial charge is 0.216 e. The van der Waals surface area contributed by atoms with Crippen molar-refractivity contribution in [3.8, 4) is 0 Å². The predicted octanol–water partition coefficient (Wildman–Crippen LogP) is 2.02.